The number of nitrogens with zero attached hydrogens (tertiary/aromatic N) is 1. The Labute approximate surface area is 165 Å². The van der Waals surface area contributed by atoms with Crippen LogP contribution in [0.5, 0.6) is 0 Å². The fourth-order valence-electron chi connectivity index (χ4n) is 3.32. The lowest BCUT2D eigenvalue weighted by molar-refractivity contribution is -0.150. The average molecular weight is 388 g/mol. The molecule has 2 unspecified atom stereocenters. The SMILES string of the molecule is COCCOC(=O)C1=C(C)N=C(C)C(C(=O)OC(C)C)C1c1cccc(N)c1. The maximum absolute atomic E-state index is 12.9. The summed E-state index contributed by atoms with van der Waals surface area (Å²) in [6.45, 7) is 7.46. The van der Waals surface area contributed by atoms with E-state index < -0.39 is 23.8 Å². The molecule has 0 bridgehead atoms. The van der Waals surface area contributed by atoms with Gasteiger partial charge in [0.25, 0.3) is 0 Å². The summed E-state index contributed by atoms with van der Waals surface area (Å²) in [5.41, 5.74) is 8.67. The number of hydrogen-bond acceptors (Lipinski definition) is 7. The molecule has 152 valence electrons. The van der Waals surface area contributed by atoms with E-state index in [-0.39, 0.29) is 19.3 Å². The number of aliphatic imine (C=N–C) groups is 1. The van der Waals surface area contributed by atoms with E-state index in [1.54, 1.807) is 45.9 Å². The van der Waals surface area contributed by atoms with Crippen molar-refractivity contribution in [2.45, 2.75) is 39.7 Å². The largest absolute Gasteiger partial charge is 0.462 e. The summed E-state index contributed by atoms with van der Waals surface area (Å²) in [7, 11) is 1.53. The standard InChI is InChI=1S/C21H28N2O5/c1-12(2)28-21(25)18-14(4)23-13(3)17(20(24)27-10-9-26-5)19(18)15-7-6-8-16(22)11-15/h6-8,11-12,18-19H,9-10,22H2,1-5H3. The van der Waals surface area contributed by atoms with Gasteiger partial charge in [0.15, 0.2) is 0 Å². The number of ether oxygens (including phenoxy) is 3. The van der Waals surface area contributed by atoms with Crippen molar-refractivity contribution in [3.05, 3.63) is 41.1 Å². The summed E-state index contributed by atoms with van der Waals surface area (Å²) in [6.07, 6.45) is -0.286. The Morgan fingerprint density at radius 1 is 1.21 bits per heavy atom. The van der Waals surface area contributed by atoms with Gasteiger partial charge in [0.2, 0.25) is 0 Å². The fourth-order valence-corrected chi connectivity index (χ4v) is 3.32. The summed E-state index contributed by atoms with van der Waals surface area (Å²) in [4.78, 5) is 30.2. The monoisotopic (exact) mass is 388 g/mol. The highest BCUT2D eigenvalue weighted by Crippen LogP contribution is 2.40. The Kier molecular flexibility index (Phi) is 7.34. The Morgan fingerprint density at radius 3 is 2.54 bits per heavy atom. The number of methoxy groups -OCH3 is 1. The van der Waals surface area contributed by atoms with Crippen LogP contribution in [0.3, 0.4) is 0 Å². The van der Waals surface area contributed by atoms with Gasteiger partial charge in [-0.05, 0) is 45.4 Å². The van der Waals surface area contributed by atoms with Crippen molar-refractivity contribution in [3.63, 3.8) is 0 Å². The molecule has 1 aromatic carbocycles. The molecule has 0 amide bonds. The lowest BCUT2D eigenvalue weighted by Crippen LogP contribution is -2.37. The summed E-state index contributed by atoms with van der Waals surface area (Å²) >= 11 is 0. The number of esters is 2. The molecule has 2 N–H and O–H groups in total. The number of carbonyl (C=O) groups is 2. The van der Waals surface area contributed by atoms with Gasteiger partial charge in [-0.25, -0.2) is 4.79 Å². The molecule has 1 aliphatic heterocycles. The van der Waals surface area contributed by atoms with Crippen LogP contribution in [0.25, 0.3) is 0 Å². The molecular formula is C21H28N2O5. The molecule has 2 rings (SSSR count). The first-order valence-corrected chi connectivity index (χ1v) is 9.24. The number of hydrogen-bond donors (Lipinski definition) is 1. The molecule has 0 saturated carbocycles. The van der Waals surface area contributed by atoms with Crippen molar-refractivity contribution in [1.29, 1.82) is 0 Å². The molecule has 1 aromatic rings. The van der Waals surface area contributed by atoms with Crippen LogP contribution in [0.4, 0.5) is 5.69 Å². The van der Waals surface area contributed by atoms with Crippen LogP contribution in [0.1, 0.15) is 39.2 Å². The van der Waals surface area contributed by atoms with E-state index in [2.05, 4.69) is 4.99 Å². The van der Waals surface area contributed by atoms with Crippen molar-refractivity contribution in [2.75, 3.05) is 26.1 Å². The van der Waals surface area contributed by atoms with Gasteiger partial charge in [-0.15, -0.1) is 0 Å². The van der Waals surface area contributed by atoms with Gasteiger partial charge < -0.3 is 19.9 Å². The fraction of sp³-hybridized carbons (Fsp3) is 0.476. The zero-order valence-corrected chi connectivity index (χ0v) is 17.0. The van der Waals surface area contributed by atoms with E-state index in [1.807, 2.05) is 6.07 Å². The highest BCUT2D eigenvalue weighted by atomic mass is 16.6. The topological polar surface area (TPSA) is 100 Å². The number of nitrogen functional groups attached to an aromatic ring is 1. The molecule has 0 aromatic heterocycles. The minimum atomic E-state index is -0.738. The number of rotatable bonds is 7. The minimum absolute atomic E-state index is 0.111. The van der Waals surface area contributed by atoms with Gasteiger partial charge in [-0.3, -0.25) is 9.79 Å². The number of allylic oxidation sites excluding steroid dienone is 1. The number of anilines is 1. The molecule has 1 aliphatic rings. The quantitative estimate of drug-likeness (QED) is 0.438. The lowest BCUT2D eigenvalue weighted by atomic mass is 9.75. The van der Waals surface area contributed by atoms with E-state index in [1.165, 1.54) is 7.11 Å². The van der Waals surface area contributed by atoms with Crippen LogP contribution in [-0.2, 0) is 23.8 Å². The summed E-state index contributed by atoms with van der Waals surface area (Å²) in [5, 5.41) is 0. The second-order valence-electron chi connectivity index (χ2n) is 6.99. The van der Waals surface area contributed by atoms with Crippen LogP contribution >= 0.6 is 0 Å². The molecule has 7 nitrogen and oxygen atoms in total. The highest BCUT2D eigenvalue weighted by Gasteiger charge is 2.42. The predicted octanol–water partition coefficient (Wildman–Crippen LogP) is 2.86. The summed E-state index contributed by atoms with van der Waals surface area (Å²) in [5.74, 6) is -2.29. The molecule has 0 radical (unpaired) electrons. The summed E-state index contributed by atoms with van der Waals surface area (Å²) < 4.78 is 15.7. The van der Waals surface area contributed by atoms with E-state index >= 15 is 0 Å². The van der Waals surface area contributed by atoms with Crippen molar-refractivity contribution in [3.8, 4) is 0 Å². The van der Waals surface area contributed by atoms with Gasteiger partial charge in [-0.2, -0.15) is 0 Å². The van der Waals surface area contributed by atoms with Gasteiger partial charge >= 0.3 is 11.9 Å². The van der Waals surface area contributed by atoms with Crippen molar-refractivity contribution >= 4 is 23.3 Å². The summed E-state index contributed by atoms with van der Waals surface area (Å²) in [6, 6.07) is 7.14. The second-order valence-corrected chi connectivity index (χ2v) is 6.99. The number of nitrogens with two attached hydrogens (primary N) is 1. The van der Waals surface area contributed by atoms with Gasteiger partial charge in [-0.1, -0.05) is 12.1 Å². The predicted molar refractivity (Wildman–Crippen MR) is 107 cm³/mol. The Hall–Kier alpha value is -2.67. The van der Waals surface area contributed by atoms with Gasteiger partial charge in [0.05, 0.1) is 18.3 Å². The smallest absolute Gasteiger partial charge is 0.336 e. The number of carbonyl (C=O) groups excluding carboxylic acids is 2. The Morgan fingerprint density at radius 2 is 1.93 bits per heavy atom. The van der Waals surface area contributed by atoms with E-state index in [0.29, 0.717) is 22.7 Å². The molecular weight excluding hydrogens is 360 g/mol. The van der Waals surface area contributed by atoms with Crippen LogP contribution in [0.2, 0.25) is 0 Å². The van der Waals surface area contributed by atoms with Crippen molar-refractivity contribution in [1.82, 2.24) is 0 Å². The molecule has 0 spiro atoms. The molecule has 0 saturated heterocycles. The first kappa shape index (κ1) is 21.6. The molecule has 1 heterocycles. The minimum Gasteiger partial charge on any atom is -0.462 e. The van der Waals surface area contributed by atoms with Crippen molar-refractivity contribution in [2.24, 2.45) is 10.9 Å². The highest BCUT2D eigenvalue weighted by molar-refractivity contribution is 6.07. The van der Waals surface area contributed by atoms with Gasteiger partial charge in [0.1, 0.15) is 12.5 Å². The third-order valence-electron chi connectivity index (χ3n) is 4.44. The number of benzene rings is 1. The maximum Gasteiger partial charge on any atom is 0.336 e. The normalized spacial score (nSPS) is 19.4. The zero-order chi connectivity index (χ0) is 20.8. The molecule has 0 aliphatic carbocycles. The van der Waals surface area contributed by atoms with Crippen LogP contribution in [0, 0.1) is 5.92 Å². The van der Waals surface area contributed by atoms with Crippen LogP contribution < -0.4 is 5.73 Å². The van der Waals surface area contributed by atoms with Crippen molar-refractivity contribution < 1.29 is 23.8 Å². The van der Waals surface area contributed by atoms with E-state index in [0.717, 1.165) is 5.56 Å². The molecule has 2 atom stereocenters. The average Bonchev–Trinajstić information content (AvgIpc) is 2.60. The zero-order valence-electron chi connectivity index (χ0n) is 17.0. The molecule has 7 heteroatoms. The first-order valence-electron chi connectivity index (χ1n) is 9.24. The third-order valence-corrected chi connectivity index (χ3v) is 4.44. The van der Waals surface area contributed by atoms with E-state index in [9.17, 15) is 9.59 Å². The molecule has 28 heavy (non-hydrogen) atoms. The second kappa shape index (κ2) is 9.50. The first-order chi connectivity index (χ1) is 13.3. The van der Waals surface area contributed by atoms with E-state index in [4.69, 9.17) is 19.9 Å². The lowest BCUT2D eigenvalue weighted by Gasteiger charge is -2.32. The van der Waals surface area contributed by atoms with Crippen LogP contribution in [0.15, 0.2) is 40.5 Å². The molecule has 0 fully saturated rings. The maximum atomic E-state index is 12.9. The van der Waals surface area contributed by atoms with Crippen LogP contribution in [-0.4, -0.2) is 44.1 Å². The Bertz CT molecular complexity index is 798. The third kappa shape index (κ3) is 4.98. The Balaban J connectivity index is 2.53. The van der Waals surface area contributed by atoms with Gasteiger partial charge in [0, 0.05) is 30.1 Å².